The van der Waals surface area contributed by atoms with E-state index in [-0.39, 0.29) is 16.6 Å². The van der Waals surface area contributed by atoms with Crippen LogP contribution in [0.25, 0.3) is 0 Å². The van der Waals surface area contributed by atoms with E-state index in [2.05, 4.69) is 10.6 Å². The molecule has 0 fully saturated rings. The fourth-order valence-electron chi connectivity index (χ4n) is 1.70. The van der Waals surface area contributed by atoms with Crippen LogP contribution < -0.4 is 10.6 Å². The molecular formula is C11H11N3O4S2. The van der Waals surface area contributed by atoms with Crippen LogP contribution >= 0.6 is 12.2 Å². The lowest BCUT2D eigenvalue weighted by Crippen LogP contribution is -2.38. The van der Waals surface area contributed by atoms with E-state index < -0.39 is 20.8 Å². The minimum absolute atomic E-state index is 0.0518. The van der Waals surface area contributed by atoms with Gasteiger partial charge in [0.1, 0.15) is 0 Å². The van der Waals surface area contributed by atoms with Crippen LogP contribution in [-0.4, -0.2) is 30.2 Å². The van der Waals surface area contributed by atoms with Gasteiger partial charge in [-0.3, -0.25) is 10.1 Å². The minimum Gasteiger partial charge on any atom is -0.355 e. The van der Waals surface area contributed by atoms with Crippen LogP contribution in [0.4, 0.5) is 11.4 Å². The molecule has 0 saturated heterocycles. The summed E-state index contributed by atoms with van der Waals surface area (Å²) in [5, 5.41) is 17.6. The monoisotopic (exact) mass is 313 g/mol. The van der Waals surface area contributed by atoms with Crippen LogP contribution in [0.5, 0.6) is 0 Å². The Morgan fingerprint density at radius 3 is 2.80 bits per heavy atom. The zero-order valence-electron chi connectivity index (χ0n) is 10.1. The predicted octanol–water partition coefficient (Wildman–Crippen LogP) is 1.19. The largest absolute Gasteiger partial charge is 0.355 e. The highest BCUT2D eigenvalue weighted by atomic mass is 32.2. The number of hydrogen-bond donors (Lipinski definition) is 2. The van der Waals surface area contributed by atoms with Crippen molar-refractivity contribution in [2.24, 2.45) is 0 Å². The molecule has 1 atom stereocenters. The minimum atomic E-state index is -3.15. The van der Waals surface area contributed by atoms with Gasteiger partial charge in [-0.05, 0) is 24.4 Å². The molecule has 1 aromatic rings. The molecule has 0 aromatic heterocycles. The molecule has 20 heavy (non-hydrogen) atoms. The van der Waals surface area contributed by atoms with E-state index in [9.17, 15) is 18.5 Å². The van der Waals surface area contributed by atoms with Gasteiger partial charge >= 0.3 is 0 Å². The molecule has 2 rings (SSSR count). The highest BCUT2D eigenvalue weighted by Gasteiger charge is 2.22. The van der Waals surface area contributed by atoms with Gasteiger partial charge in [-0.25, -0.2) is 8.42 Å². The van der Waals surface area contributed by atoms with E-state index in [0.717, 1.165) is 5.41 Å². The van der Waals surface area contributed by atoms with Gasteiger partial charge in [0.25, 0.3) is 5.69 Å². The Kier molecular flexibility index (Phi) is 4.00. The van der Waals surface area contributed by atoms with Gasteiger partial charge in [0.05, 0.1) is 16.7 Å². The van der Waals surface area contributed by atoms with Crippen LogP contribution in [0.15, 0.2) is 35.7 Å². The summed E-state index contributed by atoms with van der Waals surface area (Å²) >= 11 is 5.04. The van der Waals surface area contributed by atoms with Gasteiger partial charge in [-0.2, -0.15) is 0 Å². The average molecular weight is 313 g/mol. The number of nitrogens with zero attached hydrogens (tertiary/aromatic N) is 1. The van der Waals surface area contributed by atoms with Crippen LogP contribution in [0.2, 0.25) is 0 Å². The van der Waals surface area contributed by atoms with Gasteiger partial charge in [-0.15, -0.1) is 0 Å². The molecular weight excluding hydrogens is 302 g/mol. The van der Waals surface area contributed by atoms with Crippen LogP contribution in [0, 0.1) is 10.1 Å². The molecule has 2 N–H and O–H groups in total. The summed E-state index contributed by atoms with van der Waals surface area (Å²) in [6.45, 7) is 0. The molecule has 1 heterocycles. The molecule has 1 aromatic carbocycles. The summed E-state index contributed by atoms with van der Waals surface area (Å²) in [5.41, 5.74) is 0.405. The van der Waals surface area contributed by atoms with Crippen molar-refractivity contribution in [3.05, 3.63) is 45.9 Å². The molecule has 0 spiro atoms. The average Bonchev–Trinajstić information content (AvgIpc) is 2.68. The van der Waals surface area contributed by atoms with E-state index in [0.29, 0.717) is 5.69 Å². The highest BCUT2D eigenvalue weighted by molar-refractivity contribution is 7.94. The quantitative estimate of drug-likeness (QED) is 0.491. The Morgan fingerprint density at radius 1 is 1.45 bits per heavy atom. The van der Waals surface area contributed by atoms with Crippen molar-refractivity contribution < 1.29 is 13.3 Å². The molecule has 7 nitrogen and oxygen atoms in total. The predicted molar refractivity (Wildman–Crippen MR) is 79.2 cm³/mol. The molecule has 0 amide bonds. The first-order valence-electron chi connectivity index (χ1n) is 5.59. The van der Waals surface area contributed by atoms with Gasteiger partial charge < -0.3 is 10.6 Å². The van der Waals surface area contributed by atoms with E-state index in [1.807, 2.05) is 0 Å². The lowest BCUT2D eigenvalue weighted by atomic mass is 10.3. The lowest BCUT2D eigenvalue weighted by molar-refractivity contribution is -0.384. The number of sulfone groups is 1. The zero-order chi connectivity index (χ0) is 14.8. The molecule has 106 valence electrons. The Morgan fingerprint density at radius 2 is 2.20 bits per heavy atom. The summed E-state index contributed by atoms with van der Waals surface area (Å²) < 4.78 is 22.5. The normalized spacial score (nSPS) is 19.5. The maximum Gasteiger partial charge on any atom is 0.271 e. The molecule has 9 heteroatoms. The maximum atomic E-state index is 11.2. The standard InChI is InChI=1S/C11H11N3O4S2/c15-14(16)10-3-1-2-8(6-10)12-11(19)13-9-4-5-20(17,18)7-9/h1-6,9H,7H2,(H2,12,13,19). The Bertz CT molecular complexity index is 685. The third kappa shape index (κ3) is 3.75. The number of rotatable bonds is 3. The second-order valence-electron chi connectivity index (χ2n) is 4.17. The van der Waals surface area contributed by atoms with E-state index in [4.69, 9.17) is 12.2 Å². The summed E-state index contributed by atoms with van der Waals surface area (Å²) in [6, 6.07) is 5.48. The van der Waals surface area contributed by atoms with Crippen LogP contribution in [0.3, 0.4) is 0 Å². The molecule has 0 saturated carbocycles. The molecule has 0 radical (unpaired) electrons. The topological polar surface area (TPSA) is 101 Å². The molecule has 0 bridgehead atoms. The SMILES string of the molecule is O=[N+]([O-])c1cccc(NC(=S)NC2C=CS(=O)(=O)C2)c1. The second kappa shape index (κ2) is 5.55. The van der Waals surface area contributed by atoms with Crippen LogP contribution in [0.1, 0.15) is 0 Å². The number of thiocarbonyl (C=S) groups is 1. The number of nitro benzene ring substituents is 1. The summed E-state index contributed by atoms with van der Waals surface area (Å²) in [7, 11) is -3.15. The third-order valence-corrected chi connectivity index (χ3v) is 4.18. The number of hydrogen-bond acceptors (Lipinski definition) is 5. The van der Waals surface area contributed by atoms with Gasteiger partial charge in [0, 0.05) is 23.2 Å². The highest BCUT2D eigenvalue weighted by Crippen LogP contribution is 2.17. The van der Waals surface area contributed by atoms with E-state index in [1.54, 1.807) is 6.07 Å². The molecule has 0 aliphatic carbocycles. The van der Waals surface area contributed by atoms with Crippen molar-refractivity contribution in [1.29, 1.82) is 0 Å². The first-order chi connectivity index (χ1) is 9.35. The number of benzene rings is 1. The Labute approximate surface area is 120 Å². The molecule has 1 aliphatic rings. The number of nitro groups is 1. The second-order valence-corrected chi connectivity index (χ2v) is 6.51. The molecule has 1 unspecified atom stereocenters. The summed E-state index contributed by atoms with van der Waals surface area (Å²) in [4.78, 5) is 10.1. The van der Waals surface area contributed by atoms with Crippen molar-refractivity contribution in [1.82, 2.24) is 5.32 Å². The Hall–Kier alpha value is -2.00. The van der Waals surface area contributed by atoms with Crippen molar-refractivity contribution >= 4 is 38.5 Å². The van der Waals surface area contributed by atoms with Crippen molar-refractivity contribution in [3.8, 4) is 0 Å². The summed E-state index contributed by atoms with van der Waals surface area (Å²) in [5.74, 6) is -0.0518. The smallest absolute Gasteiger partial charge is 0.271 e. The van der Waals surface area contributed by atoms with E-state index >= 15 is 0 Å². The maximum absolute atomic E-state index is 11.2. The van der Waals surface area contributed by atoms with Gasteiger partial charge in [0.2, 0.25) is 0 Å². The number of anilines is 1. The lowest BCUT2D eigenvalue weighted by Gasteiger charge is -2.14. The zero-order valence-corrected chi connectivity index (χ0v) is 11.8. The van der Waals surface area contributed by atoms with Crippen molar-refractivity contribution in [3.63, 3.8) is 0 Å². The van der Waals surface area contributed by atoms with Gasteiger partial charge in [-0.1, -0.05) is 6.07 Å². The van der Waals surface area contributed by atoms with Crippen molar-refractivity contribution in [2.45, 2.75) is 6.04 Å². The third-order valence-electron chi connectivity index (χ3n) is 2.56. The van der Waals surface area contributed by atoms with Gasteiger partial charge in [0.15, 0.2) is 14.9 Å². The Balaban J connectivity index is 1.97. The fourth-order valence-corrected chi connectivity index (χ4v) is 3.20. The van der Waals surface area contributed by atoms with E-state index in [1.165, 1.54) is 24.3 Å². The fraction of sp³-hybridized carbons (Fsp3) is 0.182. The summed E-state index contributed by atoms with van der Waals surface area (Å²) in [6.07, 6.45) is 1.51. The first-order valence-corrected chi connectivity index (χ1v) is 7.71. The number of nitrogens with one attached hydrogen (secondary N) is 2. The number of non-ortho nitro benzene ring substituents is 1. The van der Waals surface area contributed by atoms with Crippen LogP contribution in [-0.2, 0) is 9.84 Å². The van der Waals surface area contributed by atoms with Crippen molar-refractivity contribution in [2.75, 3.05) is 11.1 Å². The first kappa shape index (κ1) is 14.4. The molecule has 1 aliphatic heterocycles.